The predicted octanol–water partition coefficient (Wildman–Crippen LogP) is 3.60. The number of aryl methyl sites for hydroxylation is 1. The van der Waals surface area contributed by atoms with Gasteiger partial charge in [-0.1, -0.05) is 29.0 Å². The number of carbonyl (C=O) groups excluding carboxylic acids is 2. The number of rotatable bonds is 5. The van der Waals surface area contributed by atoms with Gasteiger partial charge >= 0.3 is 5.97 Å². The number of nitrogens with zero attached hydrogens (tertiary/aromatic N) is 2. The molecule has 0 saturated carbocycles. The first-order chi connectivity index (χ1) is 13.9. The number of carbonyl (C=O) groups is 2. The minimum atomic E-state index is -0.519. The molecule has 0 bridgehead atoms. The third kappa shape index (κ3) is 3.99. The van der Waals surface area contributed by atoms with E-state index in [4.69, 9.17) is 25.8 Å². The van der Waals surface area contributed by atoms with Crippen molar-refractivity contribution in [1.29, 1.82) is 0 Å². The van der Waals surface area contributed by atoms with Crippen molar-refractivity contribution in [2.45, 2.75) is 13.5 Å². The topological polar surface area (TPSA) is 79.1 Å². The van der Waals surface area contributed by atoms with E-state index in [9.17, 15) is 9.59 Å². The number of hydrogen-bond acceptors (Lipinski definition) is 6. The van der Waals surface area contributed by atoms with Crippen LogP contribution in [-0.4, -0.2) is 37.8 Å². The summed E-state index contributed by atoms with van der Waals surface area (Å²) in [5.74, 6) is -0.259. The fraction of sp³-hybridized carbons (Fsp3) is 0.250. The summed E-state index contributed by atoms with van der Waals surface area (Å²) in [4.78, 5) is 29.5. The second kappa shape index (κ2) is 8.67. The highest BCUT2D eigenvalue weighted by atomic mass is 35.5. The monoisotopic (exact) mass is 434 g/mol. The smallest absolute Gasteiger partial charge is 0.325 e. The van der Waals surface area contributed by atoms with Crippen LogP contribution in [0.5, 0.6) is 11.5 Å². The molecule has 0 fully saturated rings. The van der Waals surface area contributed by atoms with Gasteiger partial charge in [0, 0.05) is 5.02 Å². The van der Waals surface area contributed by atoms with E-state index in [0.29, 0.717) is 21.3 Å². The van der Waals surface area contributed by atoms with E-state index >= 15 is 0 Å². The molecule has 3 rings (SSSR count). The summed E-state index contributed by atoms with van der Waals surface area (Å²) in [6.07, 6.45) is 0. The molecule has 0 atom stereocenters. The number of para-hydroxylation sites is 1. The Kier molecular flexibility index (Phi) is 6.24. The van der Waals surface area contributed by atoms with E-state index in [-0.39, 0.29) is 12.1 Å². The first kappa shape index (κ1) is 20.9. The second-order valence-corrected chi connectivity index (χ2v) is 7.44. The van der Waals surface area contributed by atoms with Gasteiger partial charge in [0.2, 0.25) is 0 Å². The number of esters is 1. The van der Waals surface area contributed by atoms with Gasteiger partial charge in [0.05, 0.1) is 37.1 Å². The summed E-state index contributed by atoms with van der Waals surface area (Å²) < 4.78 is 17.9. The zero-order valence-corrected chi connectivity index (χ0v) is 17.9. The Bertz CT molecular complexity index is 1170. The molecule has 1 aromatic heterocycles. The van der Waals surface area contributed by atoms with Crippen molar-refractivity contribution in [3.63, 3.8) is 0 Å². The standard InChI is InChI=1S/C20H19ClN2O5S/c1-11-13(21)8-9-15-17(11)23(10-16(24)27-3)20(29-15)22-19(25)12-6-5-7-14(26-2)18(12)28-4/h5-9H,10H2,1-4H3. The molecule has 3 aromatic rings. The lowest BCUT2D eigenvalue weighted by molar-refractivity contribution is -0.141. The molecule has 0 aliphatic rings. The number of aromatic nitrogens is 1. The molecular weight excluding hydrogens is 416 g/mol. The van der Waals surface area contributed by atoms with E-state index in [0.717, 1.165) is 15.8 Å². The van der Waals surface area contributed by atoms with Crippen LogP contribution in [0.3, 0.4) is 0 Å². The first-order valence-corrected chi connectivity index (χ1v) is 9.76. The molecule has 0 aliphatic carbocycles. The summed E-state index contributed by atoms with van der Waals surface area (Å²) in [6.45, 7) is 1.75. The lowest BCUT2D eigenvalue weighted by atomic mass is 10.2. The van der Waals surface area contributed by atoms with Gasteiger partial charge in [0.25, 0.3) is 5.91 Å². The van der Waals surface area contributed by atoms with Crippen LogP contribution in [0.2, 0.25) is 5.02 Å². The third-order valence-electron chi connectivity index (χ3n) is 4.38. The fourth-order valence-electron chi connectivity index (χ4n) is 2.94. The molecule has 0 unspecified atom stereocenters. The third-order valence-corrected chi connectivity index (χ3v) is 5.83. The summed E-state index contributed by atoms with van der Waals surface area (Å²) in [7, 11) is 4.25. The van der Waals surface area contributed by atoms with Crippen LogP contribution in [0.25, 0.3) is 10.2 Å². The Hall–Kier alpha value is -2.84. The highest BCUT2D eigenvalue weighted by Gasteiger charge is 2.18. The van der Waals surface area contributed by atoms with Crippen molar-refractivity contribution >= 4 is 45.0 Å². The zero-order valence-electron chi connectivity index (χ0n) is 16.3. The highest BCUT2D eigenvalue weighted by Crippen LogP contribution is 2.31. The fourth-order valence-corrected chi connectivity index (χ4v) is 4.18. The van der Waals surface area contributed by atoms with Crippen LogP contribution in [0.15, 0.2) is 35.3 Å². The predicted molar refractivity (Wildman–Crippen MR) is 111 cm³/mol. The maximum Gasteiger partial charge on any atom is 0.325 e. The maximum atomic E-state index is 12.9. The number of thiazole rings is 1. The number of benzene rings is 2. The highest BCUT2D eigenvalue weighted by molar-refractivity contribution is 7.16. The van der Waals surface area contributed by atoms with Gasteiger partial charge in [-0.25, -0.2) is 0 Å². The van der Waals surface area contributed by atoms with E-state index in [1.165, 1.54) is 32.7 Å². The Morgan fingerprint density at radius 2 is 1.90 bits per heavy atom. The van der Waals surface area contributed by atoms with Gasteiger partial charge in [-0.2, -0.15) is 4.99 Å². The quantitative estimate of drug-likeness (QED) is 0.573. The molecule has 0 N–H and O–H groups in total. The van der Waals surface area contributed by atoms with Crippen LogP contribution >= 0.6 is 22.9 Å². The summed E-state index contributed by atoms with van der Waals surface area (Å²) in [5, 5.41) is 0.557. The molecule has 7 nitrogen and oxygen atoms in total. The van der Waals surface area contributed by atoms with Crippen molar-refractivity contribution < 1.29 is 23.8 Å². The van der Waals surface area contributed by atoms with Crippen molar-refractivity contribution in [2.75, 3.05) is 21.3 Å². The van der Waals surface area contributed by atoms with Gasteiger partial charge in [-0.05, 0) is 36.8 Å². The Morgan fingerprint density at radius 3 is 2.55 bits per heavy atom. The lowest BCUT2D eigenvalue weighted by Crippen LogP contribution is -2.23. The van der Waals surface area contributed by atoms with E-state index in [1.54, 1.807) is 28.8 Å². The van der Waals surface area contributed by atoms with Gasteiger partial charge in [-0.3, -0.25) is 9.59 Å². The average Bonchev–Trinajstić information content (AvgIpc) is 3.07. The van der Waals surface area contributed by atoms with Crippen molar-refractivity contribution in [1.82, 2.24) is 4.57 Å². The van der Waals surface area contributed by atoms with E-state index < -0.39 is 11.9 Å². The normalized spacial score (nSPS) is 11.6. The van der Waals surface area contributed by atoms with Crippen molar-refractivity contribution in [3.8, 4) is 11.5 Å². The lowest BCUT2D eigenvalue weighted by Gasteiger charge is -2.10. The van der Waals surface area contributed by atoms with Crippen molar-refractivity contribution in [2.24, 2.45) is 4.99 Å². The van der Waals surface area contributed by atoms with Crippen molar-refractivity contribution in [3.05, 3.63) is 51.3 Å². The SMILES string of the molecule is COC(=O)Cn1c(=NC(=O)c2cccc(OC)c2OC)sc2ccc(Cl)c(C)c21. The van der Waals surface area contributed by atoms with Gasteiger partial charge in [-0.15, -0.1) is 0 Å². The Morgan fingerprint density at radius 1 is 1.14 bits per heavy atom. The molecule has 0 aliphatic heterocycles. The minimum absolute atomic E-state index is 0.0982. The number of methoxy groups -OCH3 is 3. The molecule has 9 heteroatoms. The molecule has 1 heterocycles. The molecule has 29 heavy (non-hydrogen) atoms. The molecule has 1 amide bonds. The van der Waals surface area contributed by atoms with Crippen LogP contribution in [-0.2, 0) is 16.1 Å². The number of fused-ring (bicyclic) bond motifs is 1. The van der Waals surface area contributed by atoms with Crippen LogP contribution in [0, 0.1) is 6.92 Å². The van der Waals surface area contributed by atoms with Crippen LogP contribution < -0.4 is 14.3 Å². The maximum absolute atomic E-state index is 12.9. The second-order valence-electron chi connectivity index (χ2n) is 6.02. The molecular formula is C20H19ClN2O5S. The van der Waals surface area contributed by atoms with Crippen LogP contribution in [0.4, 0.5) is 0 Å². The van der Waals surface area contributed by atoms with Gasteiger partial charge in [0.1, 0.15) is 6.54 Å². The van der Waals surface area contributed by atoms with Gasteiger partial charge < -0.3 is 18.8 Å². The summed E-state index contributed by atoms with van der Waals surface area (Å²) >= 11 is 7.54. The molecule has 2 aromatic carbocycles. The number of amides is 1. The minimum Gasteiger partial charge on any atom is -0.493 e. The molecule has 152 valence electrons. The summed E-state index contributed by atoms with van der Waals surface area (Å²) in [5.41, 5.74) is 1.78. The average molecular weight is 435 g/mol. The Balaban J connectivity index is 2.23. The molecule has 0 spiro atoms. The van der Waals surface area contributed by atoms with E-state index in [2.05, 4.69) is 4.99 Å². The molecule has 0 radical (unpaired) electrons. The number of hydrogen-bond donors (Lipinski definition) is 0. The zero-order chi connectivity index (χ0) is 21.1. The number of halogens is 1. The molecule has 0 saturated heterocycles. The Labute approximate surface area is 176 Å². The number of ether oxygens (including phenoxy) is 3. The van der Waals surface area contributed by atoms with E-state index in [1.807, 2.05) is 13.0 Å². The largest absolute Gasteiger partial charge is 0.493 e. The van der Waals surface area contributed by atoms with Gasteiger partial charge in [0.15, 0.2) is 16.3 Å². The first-order valence-electron chi connectivity index (χ1n) is 8.56. The summed E-state index contributed by atoms with van der Waals surface area (Å²) in [6, 6.07) is 8.58. The van der Waals surface area contributed by atoms with Crippen LogP contribution in [0.1, 0.15) is 15.9 Å².